The number of anilines is 1. The van der Waals surface area contributed by atoms with E-state index < -0.39 is 17.3 Å². The van der Waals surface area contributed by atoms with Crippen molar-refractivity contribution in [3.05, 3.63) is 82.1 Å². The number of nitrogens with zero attached hydrogens (tertiary/aromatic N) is 3. The SMILES string of the molecule is CNC(=O)CCn1c(=O)c(-c2ccc(OC)cc2)nc2ccc(NCc3cccc(C(F)(F)F)c3)nc21. The Morgan fingerprint density at radius 1 is 1.05 bits per heavy atom. The Morgan fingerprint density at radius 3 is 2.49 bits per heavy atom. The van der Waals surface area contributed by atoms with Crippen molar-refractivity contribution in [3.63, 3.8) is 0 Å². The number of pyridine rings is 1. The summed E-state index contributed by atoms with van der Waals surface area (Å²) in [4.78, 5) is 34.4. The van der Waals surface area contributed by atoms with Crippen molar-refractivity contribution in [2.24, 2.45) is 0 Å². The van der Waals surface area contributed by atoms with Crippen LogP contribution in [0.4, 0.5) is 19.0 Å². The van der Waals surface area contributed by atoms with Crippen molar-refractivity contribution in [2.45, 2.75) is 25.7 Å². The molecule has 8 nitrogen and oxygen atoms in total. The number of hydrogen-bond acceptors (Lipinski definition) is 6. The van der Waals surface area contributed by atoms with Gasteiger partial charge in [-0.1, -0.05) is 12.1 Å². The molecule has 0 bridgehead atoms. The second-order valence-electron chi connectivity index (χ2n) is 8.16. The smallest absolute Gasteiger partial charge is 0.416 e. The Balaban J connectivity index is 1.70. The molecule has 0 saturated carbocycles. The van der Waals surface area contributed by atoms with Gasteiger partial charge in [0.2, 0.25) is 5.91 Å². The van der Waals surface area contributed by atoms with Gasteiger partial charge in [0, 0.05) is 32.1 Å². The van der Waals surface area contributed by atoms with Crippen LogP contribution >= 0.6 is 0 Å². The van der Waals surface area contributed by atoms with E-state index in [0.717, 1.165) is 12.1 Å². The van der Waals surface area contributed by atoms with Crippen molar-refractivity contribution >= 4 is 22.9 Å². The van der Waals surface area contributed by atoms with E-state index in [4.69, 9.17) is 4.74 Å². The standard InChI is InChI=1S/C26H24F3N5O3/c1-30-22(35)12-13-34-24-20(32-23(25(34)36)17-6-8-19(37-2)9-7-17)10-11-21(33-24)31-15-16-4-3-5-18(14-16)26(27,28)29/h3-11,14H,12-13,15H2,1-2H3,(H,30,35)(H,31,33). The molecule has 4 aromatic rings. The van der Waals surface area contributed by atoms with Crippen LogP contribution in [0.3, 0.4) is 0 Å². The Labute approximate surface area is 210 Å². The number of fused-ring (bicyclic) bond motifs is 1. The number of aryl methyl sites for hydroxylation is 1. The summed E-state index contributed by atoms with van der Waals surface area (Å²) >= 11 is 0. The van der Waals surface area contributed by atoms with Crippen molar-refractivity contribution in [2.75, 3.05) is 19.5 Å². The molecule has 192 valence electrons. The van der Waals surface area contributed by atoms with Crippen LogP contribution in [0.25, 0.3) is 22.4 Å². The molecule has 0 unspecified atom stereocenters. The molecule has 2 aromatic carbocycles. The van der Waals surface area contributed by atoms with Crippen molar-refractivity contribution in [3.8, 4) is 17.0 Å². The molecule has 1 amide bonds. The van der Waals surface area contributed by atoms with E-state index in [-0.39, 0.29) is 36.8 Å². The average Bonchev–Trinajstić information content (AvgIpc) is 2.90. The monoisotopic (exact) mass is 511 g/mol. The zero-order valence-corrected chi connectivity index (χ0v) is 20.1. The highest BCUT2D eigenvalue weighted by Crippen LogP contribution is 2.29. The highest BCUT2D eigenvalue weighted by Gasteiger charge is 2.30. The fourth-order valence-electron chi connectivity index (χ4n) is 3.75. The predicted molar refractivity (Wildman–Crippen MR) is 133 cm³/mol. The highest BCUT2D eigenvalue weighted by atomic mass is 19.4. The molecule has 2 heterocycles. The van der Waals surface area contributed by atoms with Gasteiger partial charge in [0.05, 0.1) is 12.7 Å². The summed E-state index contributed by atoms with van der Waals surface area (Å²) in [7, 11) is 3.05. The minimum absolute atomic E-state index is 0.0428. The zero-order valence-electron chi connectivity index (χ0n) is 20.1. The number of hydrogen-bond donors (Lipinski definition) is 2. The third-order valence-corrected chi connectivity index (χ3v) is 5.72. The van der Waals surface area contributed by atoms with Gasteiger partial charge in [0.1, 0.15) is 22.8 Å². The van der Waals surface area contributed by atoms with Gasteiger partial charge in [0.25, 0.3) is 5.56 Å². The van der Waals surface area contributed by atoms with E-state index in [0.29, 0.717) is 28.2 Å². The van der Waals surface area contributed by atoms with Crippen LogP contribution in [0, 0.1) is 0 Å². The molecular formula is C26H24F3N5O3. The summed E-state index contributed by atoms with van der Waals surface area (Å²) in [5.74, 6) is 0.723. The van der Waals surface area contributed by atoms with Gasteiger partial charge in [0.15, 0.2) is 5.65 Å². The number of methoxy groups -OCH3 is 1. The van der Waals surface area contributed by atoms with Crippen molar-refractivity contribution < 1.29 is 22.7 Å². The van der Waals surface area contributed by atoms with E-state index >= 15 is 0 Å². The largest absolute Gasteiger partial charge is 0.497 e. The second kappa shape index (κ2) is 10.7. The number of carbonyl (C=O) groups is 1. The predicted octanol–water partition coefficient (Wildman–Crippen LogP) is 4.23. The molecule has 2 N–H and O–H groups in total. The van der Waals surface area contributed by atoms with E-state index in [9.17, 15) is 22.8 Å². The molecule has 2 aromatic heterocycles. The minimum atomic E-state index is -4.44. The molecule has 11 heteroatoms. The van der Waals surface area contributed by atoms with E-state index in [1.165, 1.54) is 17.7 Å². The maximum absolute atomic E-state index is 13.4. The first-order chi connectivity index (χ1) is 17.7. The number of amides is 1. The molecule has 4 rings (SSSR count). The van der Waals surface area contributed by atoms with Crippen LogP contribution in [-0.4, -0.2) is 34.6 Å². The highest BCUT2D eigenvalue weighted by molar-refractivity contribution is 5.78. The third kappa shape index (κ3) is 5.88. The lowest BCUT2D eigenvalue weighted by molar-refractivity contribution is -0.137. The molecule has 0 aliphatic rings. The van der Waals surface area contributed by atoms with Gasteiger partial charge in [-0.15, -0.1) is 0 Å². The lowest BCUT2D eigenvalue weighted by atomic mass is 10.1. The van der Waals surface area contributed by atoms with Crippen LogP contribution in [0.1, 0.15) is 17.5 Å². The Bertz CT molecular complexity index is 1480. The minimum Gasteiger partial charge on any atom is -0.497 e. The quantitative estimate of drug-likeness (QED) is 0.367. The van der Waals surface area contributed by atoms with Crippen LogP contribution in [-0.2, 0) is 24.1 Å². The Kier molecular flexibility index (Phi) is 7.42. The second-order valence-corrected chi connectivity index (χ2v) is 8.16. The summed E-state index contributed by atoms with van der Waals surface area (Å²) in [6.45, 7) is 0.146. The van der Waals surface area contributed by atoms with Gasteiger partial charge in [-0.3, -0.25) is 14.2 Å². The van der Waals surface area contributed by atoms with Crippen LogP contribution in [0.5, 0.6) is 5.75 Å². The lowest BCUT2D eigenvalue weighted by Gasteiger charge is -2.14. The van der Waals surface area contributed by atoms with Crippen molar-refractivity contribution in [1.82, 2.24) is 19.9 Å². The molecular weight excluding hydrogens is 487 g/mol. The molecule has 0 fully saturated rings. The first-order valence-electron chi connectivity index (χ1n) is 11.4. The number of benzene rings is 2. The topological polar surface area (TPSA) is 98.1 Å². The average molecular weight is 512 g/mol. The lowest BCUT2D eigenvalue weighted by Crippen LogP contribution is -2.28. The number of aromatic nitrogens is 3. The normalized spacial score (nSPS) is 11.4. The fourth-order valence-corrected chi connectivity index (χ4v) is 3.75. The first kappa shape index (κ1) is 25.7. The number of nitrogens with one attached hydrogen (secondary N) is 2. The zero-order chi connectivity index (χ0) is 26.6. The summed E-state index contributed by atoms with van der Waals surface area (Å²) < 4.78 is 45.6. The van der Waals surface area contributed by atoms with Crippen LogP contribution in [0.15, 0.2) is 65.5 Å². The number of alkyl halides is 3. The van der Waals surface area contributed by atoms with Gasteiger partial charge < -0.3 is 15.4 Å². The molecule has 37 heavy (non-hydrogen) atoms. The molecule has 0 aliphatic carbocycles. The van der Waals surface area contributed by atoms with Gasteiger partial charge in [-0.25, -0.2) is 9.97 Å². The molecule has 0 saturated heterocycles. The molecule has 0 spiro atoms. The molecule has 0 aliphatic heterocycles. The van der Waals surface area contributed by atoms with E-state index in [2.05, 4.69) is 20.6 Å². The van der Waals surface area contributed by atoms with Crippen LogP contribution < -0.4 is 20.9 Å². The summed E-state index contributed by atoms with van der Waals surface area (Å²) in [6, 6.07) is 15.2. The fraction of sp³-hybridized carbons (Fsp3) is 0.231. The number of rotatable bonds is 8. The summed E-state index contributed by atoms with van der Waals surface area (Å²) in [5.41, 5.74) is 0.696. The summed E-state index contributed by atoms with van der Waals surface area (Å²) in [6.07, 6.45) is -4.40. The van der Waals surface area contributed by atoms with Crippen LogP contribution in [0.2, 0.25) is 0 Å². The van der Waals surface area contributed by atoms with E-state index in [1.807, 2.05) is 0 Å². The maximum Gasteiger partial charge on any atom is 0.416 e. The summed E-state index contributed by atoms with van der Waals surface area (Å²) in [5, 5.41) is 5.53. The third-order valence-electron chi connectivity index (χ3n) is 5.72. The van der Waals surface area contributed by atoms with Gasteiger partial charge in [-0.2, -0.15) is 13.2 Å². The van der Waals surface area contributed by atoms with Crippen molar-refractivity contribution in [1.29, 1.82) is 0 Å². The van der Waals surface area contributed by atoms with E-state index in [1.54, 1.807) is 49.6 Å². The van der Waals surface area contributed by atoms with Gasteiger partial charge >= 0.3 is 6.18 Å². The number of halogens is 3. The number of carbonyl (C=O) groups excluding carboxylic acids is 1. The Morgan fingerprint density at radius 2 is 1.81 bits per heavy atom. The maximum atomic E-state index is 13.4. The Hall–Kier alpha value is -4.41. The molecule has 0 atom stereocenters. The van der Waals surface area contributed by atoms with Gasteiger partial charge in [-0.05, 0) is 54.1 Å². The first-order valence-corrected chi connectivity index (χ1v) is 11.4. The molecule has 0 radical (unpaired) electrons. The number of ether oxygens (including phenoxy) is 1.